The van der Waals surface area contributed by atoms with E-state index >= 15 is 0 Å². The molecule has 1 saturated heterocycles. The quantitative estimate of drug-likeness (QED) is 0.671. The second-order valence-electron chi connectivity index (χ2n) is 6.30. The predicted octanol–water partition coefficient (Wildman–Crippen LogP) is 3.74. The highest BCUT2D eigenvalue weighted by Gasteiger charge is 2.32. The minimum absolute atomic E-state index is 0.0144. The van der Waals surface area contributed by atoms with Crippen molar-refractivity contribution in [1.29, 1.82) is 0 Å². The van der Waals surface area contributed by atoms with E-state index in [0.717, 1.165) is 16.7 Å². The Kier molecular flexibility index (Phi) is 4.16. The number of amides is 2. The molecule has 3 aromatic rings. The molecule has 0 unspecified atom stereocenters. The number of carbonyl (C=O) groups is 1. The van der Waals surface area contributed by atoms with Crippen LogP contribution in [-0.4, -0.2) is 44.6 Å². The van der Waals surface area contributed by atoms with Crippen LogP contribution in [0.25, 0.3) is 17.0 Å². The molecule has 2 aromatic heterocycles. The van der Waals surface area contributed by atoms with Gasteiger partial charge in [-0.05, 0) is 18.2 Å². The van der Waals surface area contributed by atoms with Crippen molar-refractivity contribution in [2.24, 2.45) is 0 Å². The maximum atomic E-state index is 14.3. The van der Waals surface area contributed by atoms with Crippen LogP contribution in [0.2, 0.25) is 0 Å². The smallest absolute Gasteiger partial charge is 0.319 e. The summed E-state index contributed by atoms with van der Waals surface area (Å²) in [6.07, 6.45) is -2.97. The number of urea groups is 1. The van der Waals surface area contributed by atoms with Crippen LogP contribution in [0, 0.1) is 5.82 Å². The Hall–Kier alpha value is -3.24. The summed E-state index contributed by atoms with van der Waals surface area (Å²) in [5.74, 6) is -0.711. The average molecular weight is 397 g/mol. The number of aromatic nitrogens is 3. The van der Waals surface area contributed by atoms with Crippen molar-refractivity contribution in [3.63, 3.8) is 0 Å². The summed E-state index contributed by atoms with van der Waals surface area (Å²) in [6.45, 7) is -0.0287. The molecule has 2 amide bonds. The third-order valence-corrected chi connectivity index (χ3v) is 4.26. The summed E-state index contributed by atoms with van der Waals surface area (Å²) in [5, 5.41) is 2.52. The van der Waals surface area contributed by atoms with Gasteiger partial charge in [0.15, 0.2) is 0 Å². The number of hydrogen-bond acceptors (Lipinski definition) is 3. The molecule has 1 aliphatic heterocycles. The minimum atomic E-state index is -4.57. The molecule has 28 heavy (non-hydrogen) atoms. The number of anilines is 1. The van der Waals surface area contributed by atoms with Crippen LogP contribution < -0.4 is 5.32 Å². The summed E-state index contributed by atoms with van der Waals surface area (Å²) in [6, 6.07) is 3.18. The van der Waals surface area contributed by atoms with Crippen LogP contribution in [0.5, 0.6) is 0 Å². The summed E-state index contributed by atoms with van der Waals surface area (Å²) in [7, 11) is 0. The highest BCUT2D eigenvalue weighted by atomic mass is 19.4. The van der Waals surface area contributed by atoms with Crippen LogP contribution in [0.4, 0.5) is 32.4 Å². The molecule has 1 fully saturated rings. The Balaban J connectivity index is 1.64. The largest absolute Gasteiger partial charge is 0.419 e. The number of alkyl halides is 4. The zero-order valence-electron chi connectivity index (χ0n) is 14.0. The van der Waals surface area contributed by atoms with Crippen molar-refractivity contribution in [1.82, 2.24) is 19.3 Å². The monoisotopic (exact) mass is 397 g/mol. The van der Waals surface area contributed by atoms with E-state index in [0.29, 0.717) is 6.20 Å². The summed E-state index contributed by atoms with van der Waals surface area (Å²) >= 11 is 0. The molecular weight excluding hydrogens is 385 g/mol. The maximum Gasteiger partial charge on any atom is 0.419 e. The number of benzene rings is 1. The molecule has 6 nitrogen and oxygen atoms in total. The molecule has 0 atom stereocenters. The number of nitrogens with one attached hydrogen (secondary N) is 1. The molecule has 0 bridgehead atoms. The highest BCUT2D eigenvalue weighted by molar-refractivity contribution is 5.90. The van der Waals surface area contributed by atoms with Crippen LogP contribution in [0.3, 0.4) is 0 Å². The van der Waals surface area contributed by atoms with Gasteiger partial charge in [-0.3, -0.25) is 4.40 Å². The Morgan fingerprint density at radius 3 is 2.64 bits per heavy atom. The third-order valence-electron chi connectivity index (χ3n) is 4.26. The topological polar surface area (TPSA) is 62.5 Å². The van der Waals surface area contributed by atoms with Gasteiger partial charge in [-0.25, -0.2) is 23.5 Å². The number of imidazole rings is 1. The van der Waals surface area contributed by atoms with Gasteiger partial charge in [0, 0.05) is 29.8 Å². The van der Waals surface area contributed by atoms with E-state index in [2.05, 4.69) is 15.3 Å². The molecule has 0 aliphatic carbocycles. The van der Waals surface area contributed by atoms with Crippen molar-refractivity contribution in [2.75, 3.05) is 18.4 Å². The van der Waals surface area contributed by atoms with E-state index < -0.39 is 29.8 Å². The van der Waals surface area contributed by atoms with Gasteiger partial charge >= 0.3 is 12.2 Å². The second kappa shape index (κ2) is 6.43. The van der Waals surface area contributed by atoms with Gasteiger partial charge in [0.05, 0.1) is 24.3 Å². The van der Waals surface area contributed by atoms with Gasteiger partial charge < -0.3 is 10.2 Å². The molecule has 4 rings (SSSR count). The predicted molar refractivity (Wildman–Crippen MR) is 88.9 cm³/mol. The molecule has 1 aliphatic rings. The van der Waals surface area contributed by atoms with Gasteiger partial charge in [0.2, 0.25) is 5.78 Å². The number of nitrogens with zero attached hydrogens (tertiary/aromatic N) is 4. The maximum absolute atomic E-state index is 14.3. The van der Waals surface area contributed by atoms with Crippen LogP contribution in [-0.2, 0) is 6.18 Å². The first-order chi connectivity index (χ1) is 13.2. The van der Waals surface area contributed by atoms with E-state index in [1.54, 1.807) is 0 Å². The number of likely N-dealkylation sites (tertiary alicyclic amines) is 1. The minimum Gasteiger partial charge on any atom is -0.319 e. The molecule has 0 radical (unpaired) electrons. The molecule has 11 heteroatoms. The fourth-order valence-electron chi connectivity index (χ4n) is 2.75. The lowest BCUT2D eigenvalue weighted by atomic mass is 10.1. The van der Waals surface area contributed by atoms with Crippen molar-refractivity contribution >= 4 is 17.5 Å². The fraction of sp³-hybridized carbons (Fsp3) is 0.235. The van der Waals surface area contributed by atoms with Crippen molar-refractivity contribution in [3.8, 4) is 11.3 Å². The van der Waals surface area contributed by atoms with Crippen molar-refractivity contribution < 1.29 is 26.7 Å². The summed E-state index contributed by atoms with van der Waals surface area (Å²) in [4.78, 5) is 20.9. The number of fused-ring (bicyclic) bond motifs is 1. The van der Waals surface area contributed by atoms with Crippen LogP contribution in [0.1, 0.15) is 5.56 Å². The molecule has 1 aromatic carbocycles. The van der Waals surface area contributed by atoms with Gasteiger partial charge in [-0.1, -0.05) is 0 Å². The number of carbonyl (C=O) groups excluding carboxylic acids is 1. The van der Waals surface area contributed by atoms with Crippen LogP contribution >= 0.6 is 0 Å². The Morgan fingerprint density at radius 1 is 1.21 bits per heavy atom. The zero-order valence-corrected chi connectivity index (χ0v) is 14.0. The van der Waals surface area contributed by atoms with E-state index in [1.165, 1.54) is 23.2 Å². The lowest BCUT2D eigenvalue weighted by Gasteiger charge is -2.34. The van der Waals surface area contributed by atoms with Crippen LogP contribution in [0.15, 0.2) is 36.8 Å². The van der Waals surface area contributed by atoms with Gasteiger partial charge in [-0.2, -0.15) is 13.2 Å². The first-order valence-corrected chi connectivity index (χ1v) is 8.12. The lowest BCUT2D eigenvalue weighted by molar-refractivity contribution is -0.138. The number of halogens is 5. The molecule has 0 saturated carbocycles. The zero-order chi connectivity index (χ0) is 20.1. The van der Waals surface area contributed by atoms with E-state index in [1.807, 2.05) is 0 Å². The Morgan fingerprint density at radius 2 is 1.96 bits per heavy atom. The SMILES string of the molecule is O=C(Nc1ccc(F)c(-c2cn3cc(C(F)(F)F)cnc3n2)c1)N1CC(F)C1. The van der Waals surface area contributed by atoms with Crippen molar-refractivity contribution in [3.05, 3.63) is 48.2 Å². The second-order valence-corrected chi connectivity index (χ2v) is 6.30. The van der Waals surface area contributed by atoms with E-state index in [9.17, 15) is 26.7 Å². The first kappa shape index (κ1) is 18.1. The molecule has 0 spiro atoms. The summed E-state index contributed by atoms with van der Waals surface area (Å²) < 4.78 is 66.6. The van der Waals surface area contributed by atoms with Gasteiger partial charge in [-0.15, -0.1) is 0 Å². The summed E-state index contributed by atoms with van der Waals surface area (Å²) in [5.41, 5.74) is -0.701. The van der Waals surface area contributed by atoms with E-state index in [4.69, 9.17) is 0 Å². The normalized spacial score (nSPS) is 15.0. The molecule has 1 N–H and O–H groups in total. The number of rotatable bonds is 2. The average Bonchev–Trinajstić information content (AvgIpc) is 3.02. The van der Waals surface area contributed by atoms with E-state index in [-0.39, 0.29) is 35.8 Å². The molecular formula is C17H12F5N5O. The van der Waals surface area contributed by atoms with Gasteiger partial charge in [0.25, 0.3) is 0 Å². The lowest BCUT2D eigenvalue weighted by Crippen LogP contribution is -2.53. The third kappa shape index (κ3) is 3.35. The number of hydrogen-bond donors (Lipinski definition) is 1. The standard InChI is InChI=1S/C17H12F5N5O/c18-10-6-27(7-10)16(28)24-11-1-2-13(19)12(3-11)14-8-26-5-9(17(20,21)22)4-23-15(26)25-14/h1-5,8,10H,6-7H2,(H,24,28). The van der Waals surface area contributed by atoms with Gasteiger partial charge in [0.1, 0.15) is 12.0 Å². The molecule has 3 heterocycles. The Labute approximate surface area is 154 Å². The Bertz CT molecular complexity index is 1060. The molecule has 146 valence electrons. The highest BCUT2D eigenvalue weighted by Crippen LogP contribution is 2.30. The fourth-order valence-corrected chi connectivity index (χ4v) is 2.75. The van der Waals surface area contributed by atoms with Crippen molar-refractivity contribution in [2.45, 2.75) is 12.3 Å². The first-order valence-electron chi connectivity index (χ1n) is 8.12.